The van der Waals surface area contributed by atoms with E-state index in [9.17, 15) is 4.79 Å². The highest BCUT2D eigenvalue weighted by molar-refractivity contribution is 5.68. The van der Waals surface area contributed by atoms with Gasteiger partial charge in [-0.3, -0.25) is 0 Å². The van der Waals surface area contributed by atoms with Gasteiger partial charge < -0.3 is 15.4 Å². The molecule has 1 atom stereocenters. The molecule has 1 aliphatic carbocycles. The molecule has 1 aliphatic rings. The van der Waals surface area contributed by atoms with Gasteiger partial charge in [0, 0.05) is 18.1 Å². The zero-order chi connectivity index (χ0) is 17.0. The first-order valence-electron chi connectivity index (χ1n) is 8.55. The Morgan fingerprint density at radius 1 is 1.13 bits per heavy atom. The third kappa shape index (κ3) is 5.54. The topological polar surface area (TPSA) is 50.4 Å². The van der Waals surface area contributed by atoms with Crippen molar-refractivity contribution in [3.8, 4) is 0 Å². The number of nitrogens with one attached hydrogen (secondary N) is 2. The number of carbonyl (C=O) groups is 1. The first kappa shape index (κ1) is 17.8. The minimum Gasteiger partial charge on any atom is -0.444 e. The van der Waals surface area contributed by atoms with E-state index < -0.39 is 5.60 Å². The van der Waals surface area contributed by atoms with Crippen molar-refractivity contribution in [2.75, 3.05) is 0 Å². The summed E-state index contributed by atoms with van der Waals surface area (Å²) in [5, 5.41) is 6.67. The number of amides is 1. The van der Waals surface area contributed by atoms with Crippen molar-refractivity contribution < 1.29 is 9.53 Å². The van der Waals surface area contributed by atoms with Crippen molar-refractivity contribution in [1.82, 2.24) is 10.6 Å². The van der Waals surface area contributed by atoms with E-state index in [1.165, 1.54) is 5.56 Å². The molecule has 0 aromatic heterocycles. The van der Waals surface area contributed by atoms with Gasteiger partial charge in [0.05, 0.1) is 0 Å². The summed E-state index contributed by atoms with van der Waals surface area (Å²) in [6.45, 7) is 10.1. The van der Waals surface area contributed by atoms with Gasteiger partial charge >= 0.3 is 6.09 Å². The first-order valence-corrected chi connectivity index (χ1v) is 8.55. The van der Waals surface area contributed by atoms with E-state index >= 15 is 0 Å². The molecule has 1 aromatic rings. The number of benzene rings is 1. The van der Waals surface area contributed by atoms with Crippen LogP contribution in [-0.4, -0.2) is 23.8 Å². The molecule has 0 aliphatic heterocycles. The molecule has 0 saturated heterocycles. The zero-order valence-electron chi connectivity index (χ0n) is 14.9. The lowest BCUT2D eigenvalue weighted by molar-refractivity contribution is 0.0461. The largest absolute Gasteiger partial charge is 0.444 e. The fraction of sp³-hybridized carbons (Fsp3) is 0.632. The second-order valence-electron chi connectivity index (χ2n) is 7.81. The van der Waals surface area contributed by atoms with Crippen molar-refractivity contribution in [1.29, 1.82) is 0 Å². The van der Waals surface area contributed by atoms with Gasteiger partial charge in [0.2, 0.25) is 0 Å². The summed E-state index contributed by atoms with van der Waals surface area (Å²) >= 11 is 0. The van der Waals surface area contributed by atoms with Crippen LogP contribution in [0.1, 0.15) is 59.1 Å². The van der Waals surface area contributed by atoms with E-state index in [1.807, 2.05) is 26.8 Å². The van der Waals surface area contributed by atoms with Crippen LogP contribution in [0.2, 0.25) is 0 Å². The quantitative estimate of drug-likeness (QED) is 0.862. The Kier molecular flexibility index (Phi) is 5.69. The zero-order valence-corrected chi connectivity index (χ0v) is 14.9. The van der Waals surface area contributed by atoms with Gasteiger partial charge in [0.1, 0.15) is 5.60 Å². The van der Waals surface area contributed by atoms with Crippen molar-refractivity contribution in [3.05, 3.63) is 35.9 Å². The summed E-state index contributed by atoms with van der Waals surface area (Å²) in [5.41, 5.74) is 0.882. The Balaban J connectivity index is 1.79. The average Bonchev–Trinajstić information content (AvgIpc) is 2.39. The summed E-state index contributed by atoms with van der Waals surface area (Å²) in [6, 6.07) is 11.6. The average molecular weight is 318 g/mol. The van der Waals surface area contributed by atoms with Crippen LogP contribution in [0.5, 0.6) is 0 Å². The molecule has 1 fully saturated rings. The van der Waals surface area contributed by atoms with Crippen LogP contribution in [0.3, 0.4) is 0 Å². The number of ether oxygens (including phenoxy) is 1. The lowest BCUT2D eigenvalue weighted by Crippen LogP contribution is -2.54. The van der Waals surface area contributed by atoms with Crippen LogP contribution in [0.4, 0.5) is 4.79 Å². The fourth-order valence-electron chi connectivity index (χ4n) is 2.93. The first-order chi connectivity index (χ1) is 10.7. The van der Waals surface area contributed by atoms with Gasteiger partial charge in [-0.2, -0.15) is 0 Å². The third-order valence-electron chi connectivity index (χ3n) is 4.10. The molecule has 1 saturated carbocycles. The summed E-state index contributed by atoms with van der Waals surface area (Å²) < 4.78 is 5.30. The molecular formula is C19H30N2O2. The van der Waals surface area contributed by atoms with Crippen LogP contribution >= 0.6 is 0 Å². The number of rotatable bonds is 5. The smallest absolute Gasteiger partial charge is 0.407 e. The summed E-state index contributed by atoms with van der Waals surface area (Å²) in [7, 11) is 0. The Bertz CT molecular complexity index is 502. The van der Waals surface area contributed by atoms with E-state index in [1.54, 1.807) is 0 Å². The maximum Gasteiger partial charge on any atom is 0.407 e. The van der Waals surface area contributed by atoms with E-state index in [-0.39, 0.29) is 12.1 Å². The molecule has 1 aromatic carbocycles. The van der Waals surface area contributed by atoms with Crippen LogP contribution in [0.15, 0.2) is 30.3 Å². The molecule has 23 heavy (non-hydrogen) atoms. The highest BCUT2D eigenvalue weighted by Gasteiger charge is 2.33. The van der Waals surface area contributed by atoms with Crippen molar-refractivity contribution in [2.45, 2.75) is 71.2 Å². The number of hydrogen-bond donors (Lipinski definition) is 2. The summed E-state index contributed by atoms with van der Waals surface area (Å²) in [6.07, 6.45) is 1.59. The molecular weight excluding hydrogens is 288 g/mol. The molecule has 4 nitrogen and oxygen atoms in total. The monoisotopic (exact) mass is 318 g/mol. The van der Waals surface area contributed by atoms with E-state index in [0.29, 0.717) is 18.0 Å². The van der Waals surface area contributed by atoms with Gasteiger partial charge in [-0.25, -0.2) is 4.79 Å². The molecule has 2 rings (SSSR count). The third-order valence-corrected chi connectivity index (χ3v) is 4.10. The van der Waals surface area contributed by atoms with Gasteiger partial charge in [0.15, 0.2) is 0 Å². The highest BCUT2D eigenvalue weighted by atomic mass is 16.6. The van der Waals surface area contributed by atoms with Gasteiger partial charge in [-0.05, 0) is 45.1 Å². The van der Waals surface area contributed by atoms with Crippen LogP contribution in [0.25, 0.3) is 0 Å². The molecule has 128 valence electrons. The predicted octanol–water partition coefficient (Wildman–Crippen LogP) is 4.03. The minimum absolute atomic E-state index is 0.214. The molecule has 0 spiro atoms. The minimum atomic E-state index is -0.443. The molecule has 0 heterocycles. The highest BCUT2D eigenvalue weighted by Crippen LogP contribution is 2.28. The van der Waals surface area contributed by atoms with E-state index in [0.717, 1.165) is 12.8 Å². The van der Waals surface area contributed by atoms with Crippen LogP contribution in [-0.2, 0) is 4.74 Å². The Morgan fingerprint density at radius 2 is 1.74 bits per heavy atom. The molecule has 0 radical (unpaired) electrons. The molecule has 0 bridgehead atoms. The van der Waals surface area contributed by atoms with Crippen LogP contribution < -0.4 is 10.6 Å². The van der Waals surface area contributed by atoms with E-state index in [2.05, 4.69) is 48.7 Å². The second-order valence-corrected chi connectivity index (χ2v) is 7.81. The van der Waals surface area contributed by atoms with Gasteiger partial charge in [-0.15, -0.1) is 0 Å². The lowest BCUT2D eigenvalue weighted by Gasteiger charge is -2.40. The molecule has 1 amide bonds. The Labute approximate surface area is 140 Å². The fourth-order valence-corrected chi connectivity index (χ4v) is 2.93. The molecule has 4 heteroatoms. The van der Waals surface area contributed by atoms with Crippen molar-refractivity contribution in [2.24, 2.45) is 5.92 Å². The SMILES string of the molecule is CC(C)C(NC1CC(NC(=O)OC(C)(C)C)C1)c1ccccc1. The van der Waals surface area contributed by atoms with Crippen LogP contribution in [0, 0.1) is 5.92 Å². The standard InChI is InChI=1S/C19H30N2O2/c1-13(2)17(14-9-7-6-8-10-14)20-15-11-16(12-15)21-18(22)23-19(3,4)5/h6-10,13,15-17,20H,11-12H2,1-5H3,(H,21,22). The summed E-state index contributed by atoms with van der Waals surface area (Å²) in [5.74, 6) is 0.523. The Morgan fingerprint density at radius 3 is 2.26 bits per heavy atom. The van der Waals surface area contributed by atoms with Gasteiger partial charge in [0.25, 0.3) is 0 Å². The predicted molar refractivity (Wildman–Crippen MR) is 93.3 cm³/mol. The van der Waals surface area contributed by atoms with Gasteiger partial charge in [-0.1, -0.05) is 44.2 Å². The van der Waals surface area contributed by atoms with Crippen molar-refractivity contribution >= 4 is 6.09 Å². The number of alkyl carbamates (subject to hydrolysis) is 1. The lowest BCUT2D eigenvalue weighted by atomic mass is 9.84. The second kappa shape index (κ2) is 7.35. The van der Waals surface area contributed by atoms with E-state index in [4.69, 9.17) is 4.74 Å². The maximum absolute atomic E-state index is 11.8. The normalized spacial score (nSPS) is 22.3. The number of hydrogen-bond acceptors (Lipinski definition) is 3. The molecule has 2 N–H and O–H groups in total. The van der Waals surface area contributed by atoms with Crippen molar-refractivity contribution in [3.63, 3.8) is 0 Å². The maximum atomic E-state index is 11.8. The summed E-state index contributed by atoms with van der Waals surface area (Å²) in [4.78, 5) is 11.8. The molecule has 1 unspecified atom stereocenters. The Hall–Kier alpha value is -1.55. The number of carbonyl (C=O) groups excluding carboxylic acids is 1.